The zero-order chi connectivity index (χ0) is 14.1. The molecule has 1 aliphatic rings. The van der Waals surface area contributed by atoms with E-state index >= 15 is 0 Å². The second-order valence-electron chi connectivity index (χ2n) is 5.30. The van der Waals surface area contributed by atoms with E-state index in [0.29, 0.717) is 17.9 Å². The van der Waals surface area contributed by atoms with Crippen LogP contribution in [0.25, 0.3) is 0 Å². The third-order valence-corrected chi connectivity index (χ3v) is 4.01. The molecule has 0 bridgehead atoms. The Morgan fingerprint density at radius 1 is 1.30 bits per heavy atom. The second-order valence-corrected chi connectivity index (χ2v) is 5.30. The molecule has 1 aromatic carbocycles. The molecule has 4 heteroatoms. The molecule has 1 heterocycles. The minimum atomic E-state index is -0.220. The Kier molecular flexibility index (Phi) is 3.47. The van der Waals surface area contributed by atoms with Gasteiger partial charge in [0.15, 0.2) is 0 Å². The maximum atomic E-state index is 14.1. The first-order valence-corrected chi connectivity index (χ1v) is 7.06. The lowest BCUT2D eigenvalue weighted by Crippen LogP contribution is -2.11. The molecule has 0 radical (unpaired) electrons. The van der Waals surface area contributed by atoms with Gasteiger partial charge in [0, 0.05) is 17.3 Å². The molecule has 1 aromatic heterocycles. The molecule has 2 aromatic rings. The number of nitrogens with zero attached hydrogens (tertiary/aromatic N) is 2. The van der Waals surface area contributed by atoms with Gasteiger partial charge in [-0.15, -0.1) is 0 Å². The molecule has 20 heavy (non-hydrogen) atoms. The molecule has 0 saturated heterocycles. The summed E-state index contributed by atoms with van der Waals surface area (Å²) in [5, 5.41) is 0. The largest absolute Gasteiger partial charge is 0.497 e. The summed E-state index contributed by atoms with van der Waals surface area (Å²) in [6, 6.07) is 5.04. The van der Waals surface area contributed by atoms with Crippen LogP contribution in [0.4, 0.5) is 4.39 Å². The Balaban J connectivity index is 1.93. The van der Waals surface area contributed by atoms with Gasteiger partial charge in [0.05, 0.1) is 19.3 Å². The summed E-state index contributed by atoms with van der Waals surface area (Å²) in [6.45, 7) is 2.55. The molecule has 106 valence electrons. The highest BCUT2D eigenvalue weighted by Crippen LogP contribution is 2.24. The number of hydrogen-bond acceptors (Lipinski definition) is 2. The van der Waals surface area contributed by atoms with E-state index < -0.39 is 0 Å². The zero-order valence-corrected chi connectivity index (χ0v) is 11.9. The number of benzene rings is 1. The monoisotopic (exact) mass is 274 g/mol. The normalized spacial score (nSPS) is 14.2. The summed E-state index contributed by atoms with van der Waals surface area (Å²) in [5.41, 5.74) is 3.16. The molecule has 0 fully saturated rings. The lowest BCUT2D eigenvalue weighted by molar-refractivity contribution is 0.410. The number of halogens is 1. The molecular weight excluding hydrogens is 255 g/mol. The van der Waals surface area contributed by atoms with E-state index in [0.717, 1.165) is 18.7 Å². The number of hydrogen-bond donors (Lipinski definition) is 0. The van der Waals surface area contributed by atoms with Crippen molar-refractivity contribution in [3.05, 3.63) is 46.8 Å². The van der Waals surface area contributed by atoms with E-state index in [-0.39, 0.29) is 5.82 Å². The molecule has 3 rings (SSSR count). The number of rotatable bonds is 3. The third kappa shape index (κ3) is 2.30. The number of fused-ring (bicyclic) bond motifs is 1. The van der Waals surface area contributed by atoms with Crippen LogP contribution in [0.5, 0.6) is 5.75 Å². The molecule has 1 aliphatic carbocycles. The topological polar surface area (TPSA) is 27.1 Å². The van der Waals surface area contributed by atoms with Gasteiger partial charge in [-0.2, -0.15) is 0 Å². The molecule has 0 unspecified atom stereocenters. The van der Waals surface area contributed by atoms with E-state index in [1.165, 1.54) is 30.3 Å². The molecule has 0 atom stereocenters. The second kappa shape index (κ2) is 5.27. The minimum absolute atomic E-state index is 0.220. The molecule has 0 amide bonds. The molecule has 0 N–H and O–H groups in total. The smallest absolute Gasteiger partial charge is 0.131 e. The lowest BCUT2D eigenvalue weighted by atomic mass is 10.0. The summed E-state index contributed by atoms with van der Waals surface area (Å²) in [7, 11) is 1.55. The summed E-state index contributed by atoms with van der Waals surface area (Å²) < 4.78 is 21.3. The molecule has 3 nitrogen and oxygen atoms in total. The van der Waals surface area contributed by atoms with Crippen molar-refractivity contribution in [1.29, 1.82) is 0 Å². The van der Waals surface area contributed by atoms with Crippen molar-refractivity contribution in [2.24, 2.45) is 0 Å². The quantitative estimate of drug-likeness (QED) is 0.859. The van der Waals surface area contributed by atoms with Gasteiger partial charge < -0.3 is 9.30 Å². The fraction of sp³-hybridized carbons (Fsp3) is 0.438. The molecular formula is C16H19FN2O. The Bertz CT molecular complexity index is 634. The van der Waals surface area contributed by atoms with Crippen LogP contribution >= 0.6 is 0 Å². The Labute approximate surface area is 118 Å². The average Bonchev–Trinajstić information content (AvgIpc) is 2.77. The van der Waals surface area contributed by atoms with Crippen LogP contribution < -0.4 is 4.74 Å². The van der Waals surface area contributed by atoms with Crippen LogP contribution in [0.3, 0.4) is 0 Å². The van der Waals surface area contributed by atoms with Gasteiger partial charge in [-0.25, -0.2) is 9.37 Å². The van der Waals surface area contributed by atoms with Crippen LogP contribution in [-0.4, -0.2) is 16.7 Å². The van der Waals surface area contributed by atoms with Crippen molar-refractivity contribution in [3.8, 4) is 5.75 Å². The van der Waals surface area contributed by atoms with Gasteiger partial charge >= 0.3 is 0 Å². The predicted octanol–water partition coefficient (Wildman–Crippen LogP) is 3.27. The highest BCUT2D eigenvalue weighted by molar-refractivity contribution is 5.30. The van der Waals surface area contributed by atoms with E-state index in [9.17, 15) is 4.39 Å². The summed E-state index contributed by atoms with van der Waals surface area (Å²) in [4.78, 5) is 4.63. The maximum Gasteiger partial charge on any atom is 0.131 e. The Morgan fingerprint density at radius 2 is 2.10 bits per heavy atom. The van der Waals surface area contributed by atoms with Crippen LogP contribution in [0.1, 0.15) is 35.6 Å². The number of ether oxygens (including phenoxy) is 1. The van der Waals surface area contributed by atoms with E-state index in [1.54, 1.807) is 19.2 Å². The molecule has 0 saturated carbocycles. The van der Waals surface area contributed by atoms with Crippen molar-refractivity contribution in [3.63, 3.8) is 0 Å². The van der Waals surface area contributed by atoms with E-state index in [1.807, 2.05) is 6.92 Å². The zero-order valence-electron chi connectivity index (χ0n) is 11.9. The van der Waals surface area contributed by atoms with Crippen LogP contribution in [-0.2, 0) is 19.4 Å². The van der Waals surface area contributed by atoms with Crippen LogP contribution in [0, 0.1) is 12.7 Å². The maximum absolute atomic E-state index is 14.1. The van der Waals surface area contributed by atoms with Gasteiger partial charge in [-0.1, -0.05) is 6.07 Å². The van der Waals surface area contributed by atoms with Crippen LogP contribution in [0.2, 0.25) is 0 Å². The lowest BCUT2D eigenvalue weighted by Gasteiger charge is -2.15. The van der Waals surface area contributed by atoms with Crippen molar-refractivity contribution >= 4 is 0 Å². The summed E-state index contributed by atoms with van der Waals surface area (Å²) >= 11 is 0. The van der Waals surface area contributed by atoms with Crippen molar-refractivity contribution < 1.29 is 9.13 Å². The number of aryl methyl sites for hydroxylation is 2. The predicted molar refractivity (Wildman–Crippen MR) is 75.7 cm³/mol. The SMILES string of the molecule is COc1ccc(Cn2c(C)nc3c2CCCC3)c(F)c1. The van der Waals surface area contributed by atoms with Crippen LogP contribution in [0.15, 0.2) is 18.2 Å². The van der Waals surface area contributed by atoms with Gasteiger partial charge in [-0.05, 0) is 38.7 Å². The fourth-order valence-corrected chi connectivity index (χ4v) is 2.90. The standard InChI is InChI=1S/C16H19FN2O/c1-11-18-15-5-3-4-6-16(15)19(11)10-12-7-8-13(20-2)9-14(12)17/h7-9H,3-6,10H2,1-2H3. The first-order valence-electron chi connectivity index (χ1n) is 7.06. The molecule has 0 aliphatic heterocycles. The average molecular weight is 274 g/mol. The summed E-state index contributed by atoms with van der Waals surface area (Å²) in [5.74, 6) is 1.31. The fourth-order valence-electron chi connectivity index (χ4n) is 2.90. The van der Waals surface area contributed by atoms with Gasteiger partial charge in [-0.3, -0.25) is 0 Å². The van der Waals surface area contributed by atoms with E-state index in [4.69, 9.17) is 4.74 Å². The summed E-state index contributed by atoms with van der Waals surface area (Å²) in [6.07, 6.45) is 4.51. The van der Waals surface area contributed by atoms with Gasteiger partial charge in [0.1, 0.15) is 17.4 Å². The molecule has 0 spiro atoms. The minimum Gasteiger partial charge on any atom is -0.497 e. The number of aromatic nitrogens is 2. The van der Waals surface area contributed by atoms with E-state index in [2.05, 4.69) is 9.55 Å². The third-order valence-electron chi connectivity index (χ3n) is 4.01. The first kappa shape index (κ1) is 13.2. The number of imidazole rings is 1. The highest BCUT2D eigenvalue weighted by atomic mass is 19.1. The van der Waals surface area contributed by atoms with Crippen molar-refractivity contribution in [1.82, 2.24) is 9.55 Å². The number of methoxy groups -OCH3 is 1. The van der Waals surface area contributed by atoms with Crippen molar-refractivity contribution in [2.75, 3.05) is 7.11 Å². The van der Waals surface area contributed by atoms with Gasteiger partial charge in [0.2, 0.25) is 0 Å². The Morgan fingerprint density at radius 3 is 2.85 bits per heavy atom. The Hall–Kier alpha value is -1.84. The van der Waals surface area contributed by atoms with Gasteiger partial charge in [0.25, 0.3) is 0 Å². The highest BCUT2D eigenvalue weighted by Gasteiger charge is 2.18. The first-order chi connectivity index (χ1) is 9.69. The van der Waals surface area contributed by atoms with Crippen molar-refractivity contribution in [2.45, 2.75) is 39.2 Å².